The van der Waals surface area contributed by atoms with Crippen molar-refractivity contribution < 1.29 is 9.18 Å². The number of hydrogen-bond donors (Lipinski definition) is 2. The van der Waals surface area contributed by atoms with Crippen LogP contribution in [0.3, 0.4) is 0 Å². The first kappa shape index (κ1) is 19.6. The van der Waals surface area contributed by atoms with Crippen LogP contribution < -0.4 is 10.6 Å². The minimum absolute atomic E-state index is 0. The van der Waals surface area contributed by atoms with Crippen LogP contribution in [0.4, 0.5) is 10.1 Å². The van der Waals surface area contributed by atoms with E-state index in [2.05, 4.69) is 15.7 Å². The number of nitrogens with zero attached hydrogens (tertiary/aromatic N) is 2. The molecule has 0 radical (unpaired) electrons. The van der Waals surface area contributed by atoms with Crippen molar-refractivity contribution in [2.45, 2.75) is 32.2 Å². The van der Waals surface area contributed by atoms with E-state index >= 15 is 0 Å². The number of fused-ring (bicyclic) bond motifs is 2. The van der Waals surface area contributed by atoms with Gasteiger partial charge in [-0.15, -0.1) is 12.4 Å². The van der Waals surface area contributed by atoms with Gasteiger partial charge in [0.25, 0.3) is 5.91 Å². The number of aromatic nitrogens is 2. The molecule has 0 fully saturated rings. The van der Waals surface area contributed by atoms with Crippen LogP contribution >= 0.6 is 12.4 Å². The Bertz CT molecular complexity index is 1060. The summed E-state index contributed by atoms with van der Waals surface area (Å²) >= 11 is 0. The van der Waals surface area contributed by atoms with Crippen LogP contribution in [0.25, 0.3) is 5.69 Å². The van der Waals surface area contributed by atoms with E-state index in [4.69, 9.17) is 0 Å². The van der Waals surface area contributed by atoms with Crippen LogP contribution in [-0.2, 0) is 25.8 Å². The second-order valence-corrected chi connectivity index (χ2v) is 7.32. The van der Waals surface area contributed by atoms with Gasteiger partial charge in [0.2, 0.25) is 0 Å². The van der Waals surface area contributed by atoms with Crippen LogP contribution in [0.2, 0.25) is 0 Å². The molecule has 1 amide bonds. The molecule has 0 atom stereocenters. The summed E-state index contributed by atoms with van der Waals surface area (Å²) in [7, 11) is 0. The maximum atomic E-state index is 14.9. The lowest BCUT2D eigenvalue weighted by molar-refractivity contribution is 0.102. The molecule has 2 aromatic carbocycles. The zero-order valence-corrected chi connectivity index (χ0v) is 16.7. The van der Waals surface area contributed by atoms with E-state index in [9.17, 15) is 9.18 Å². The maximum Gasteiger partial charge on any atom is 0.276 e. The normalized spacial score (nSPS) is 14.7. The molecule has 29 heavy (non-hydrogen) atoms. The zero-order chi connectivity index (χ0) is 19.1. The Balaban J connectivity index is 0.00000205. The number of para-hydroxylation sites is 1. The second-order valence-electron chi connectivity index (χ2n) is 7.32. The Kier molecular flexibility index (Phi) is 5.39. The molecule has 2 aliphatic rings. The molecule has 5 rings (SSSR count). The van der Waals surface area contributed by atoms with Crippen molar-refractivity contribution in [3.63, 3.8) is 0 Å². The van der Waals surface area contributed by atoms with Gasteiger partial charge in [0, 0.05) is 17.8 Å². The molecule has 1 aliphatic heterocycles. The van der Waals surface area contributed by atoms with E-state index < -0.39 is 0 Å². The zero-order valence-electron chi connectivity index (χ0n) is 15.9. The molecule has 1 aromatic heterocycles. The van der Waals surface area contributed by atoms with Crippen molar-refractivity contribution in [2.24, 2.45) is 0 Å². The van der Waals surface area contributed by atoms with Crippen molar-refractivity contribution in [3.05, 3.63) is 76.4 Å². The lowest BCUT2D eigenvalue weighted by Gasteiger charge is -2.19. The fourth-order valence-electron chi connectivity index (χ4n) is 4.21. The molecule has 5 nitrogen and oxygen atoms in total. The van der Waals surface area contributed by atoms with Gasteiger partial charge in [-0.05, 0) is 61.6 Å². The molecular weight excluding hydrogens is 391 g/mol. The smallest absolute Gasteiger partial charge is 0.276 e. The molecule has 0 saturated heterocycles. The Morgan fingerprint density at radius 3 is 2.72 bits per heavy atom. The topological polar surface area (TPSA) is 59.0 Å². The fraction of sp³-hybridized carbons (Fsp3) is 0.273. The minimum atomic E-state index is -0.347. The molecule has 1 aliphatic carbocycles. The van der Waals surface area contributed by atoms with Crippen LogP contribution in [0, 0.1) is 5.82 Å². The maximum absolute atomic E-state index is 14.9. The number of halogens is 2. The molecule has 150 valence electrons. The van der Waals surface area contributed by atoms with E-state index in [1.54, 1.807) is 6.07 Å². The molecule has 0 saturated carbocycles. The summed E-state index contributed by atoms with van der Waals surface area (Å²) in [6.45, 7) is 1.41. The first-order valence-corrected chi connectivity index (χ1v) is 9.71. The molecule has 0 bridgehead atoms. The largest absolute Gasteiger partial charge is 0.318 e. The SMILES string of the molecule is Cl.O=C(Nc1ccc2c(c1F)CCNC2)c1nn(-c2ccccc2)c2c1CCC2. The van der Waals surface area contributed by atoms with E-state index in [0.717, 1.165) is 48.3 Å². The molecule has 7 heteroatoms. The summed E-state index contributed by atoms with van der Waals surface area (Å²) in [6, 6.07) is 13.3. The number of amides is 1. The van der Waals surface area contributed by atoms with Crippen LogP contribution in [0.5, 0.6) is 0 Å². The predicted molar refractivity (Wildman–Crippen MR) is 113 cm³/mol. The first-order valence-electron chi connectivity index (χ1n) is 9.71. The van der Waals surface area contributed by atoms with Crippen molar-refractivity contribution in [3.8, 4) is 5.69 Å². The molecule has 0 spiro atoms. The van der Waals surface area contributed by atoms with E-state index in [0.29, 0.717) is 24.2 Å². The van der Waals surface area contributed by atoms with Crippen molar-refractivity contribution in [1.29, 1.82) is 0 Å². The van der Waals surface area contributed by atoms with Crippen LogP contribution in [0.15, 0.2) is 42.5 Å². The Morgan fingerprint density at radius 2 is 1.90 bits per heavy atom. The highest BCUT2D eigenvalue weighted by atomic mass is 35.5. The van der Waals surface area contributed by atoms with Gasteiger partial charge in [-0.2, -0.15) is 5.10 Å². The third kappa shape index (κ3) is 3.43. The van der Waals surface area contributed by atoms with Gasteiger partial charge in [0.15, 0.2) is 5.69 Å². The van der Waals surface area contributed by atoms with E-state index in [-0.39, 0.29) is 29.8 Å². The summed E-state index contributed by atoms with van der Waals surface area (Å²) in [5.41, 5.74) is 5.26. The molecule has 2 N–H and O–H groups in total. The summed E-state index contributed by atoms with van der Waals surface area (Å²) < 4.78 is 16.8. The number of carbonyl (C=O) groups excluding carboxylic acids is 1. The van der Waals surface area contributed by atoms with Crippen LogP contribution in [0.1, 0.15) is 39.3 Å². The minimum Gasteiger partial charge on any atom is -0.318 e. The fourth-order valence-corrected chi connectivity index (χ4v) is 4.21. The Labute approximate surface area is 174 Å². The average Bonchev–Trinajstić information content (AvgIpc) is 3.34. The third-order valence-electron chi connectivity index (χ3n) is 5.60. The van der Waals surface area contributed by atoms with E-state index in [1.807, 2.05) is 41.1 Å². The van der Waals surface area contributed by atoms with Crippen molar-refractivity contribution in [2.75, 3.05) is 11.9 Å². The number of benzene rings is 2. The number of carbonyl (C=O) groups is 1. The number of nitrogens with one attached hydrogen (secondary N) is 2. The van der Waals surface area contributed by atoms with Gasteiger partial charge >= 0.3 is 0 Å². The van der Waals surface area contributed by atoms with Gasteiger partial charge < -0.3 is 10.6 Å². The lowest BCUT2D eigenvalue weighted by atomic mass is 9.99. The lowest BCUT2D eigenvalue weighted by Crippen LogP contribution is -2.25. The van der Waals surface area contributed by atoms with Gasteiger partial charge in [-0.1, -0.05) is 24.3 Å². The monoisotopic (exact) mass is 412 g/mol. The Morgan fingerprint density at radius 1 is 1.07 bits per heavy atom. The predicted octanol–water partition coefficient (Wildman–Crippen LogP) is 3.82. The molecule has 3 aromatic rings. The van der Waals surface area contributed by atoms with Gasteiger partial charge in [0.05, 0.1) is 11.4 Å². The number of anilines is 1. The van der Waals surface area contributed by atoms with Crippen molar-refractivity contribution in [1.82, 2.24) is 15.1 Å². The molecule has 2 heterocycles. The van der Waals surface area contributed by atoms with Gasteiger partial charge in [0.1, 0.15) is 5.82 Å². The average molecular weight is 413 g/mol. The summed E-state index contributed by atoms with van der Waals surface area (Å²) in [6.07, 6.45) is 3.34. The molecular formula is C22H22ClFN4O. The quantitative estimate of drug-likeness (QED) is 0.687. The standard InChI is InChI=1S/C22H21FN4O.ClH/c23-20-16-11-12-24-13-14(16)9-10-18(20)25-22(28)21-17-7-4-8-19(17)27(26-21)15-5-2-1-3-6-15;/h1-3,5-6,9-10,24H,4,7-8,11-13H2,(H,25,28);1H. The highest BCUT2D eigenvalue weighted by molar-refractivity contribution is 6.04. The Hall–Kier alpha value is -2.70. The second kappa shape index (κ2) is 7.97. The van der Waals surface area contributed by atoms with Crippen molar-refractivity contribution >= 4 is 24.0 Å². The summed E-state index contributed by atoms with van der Waals surface area (Å²) in [4.78, 5) is 13.0. The van der Waals surface area contributed by atoms with Gasteiger partial charge in [-0.25, -0.2) is 9.07 Å². The molecule has 0 unspecified atom stereocenters. The summed E-state index contributed by atoms with van der Waals surface area (Å²) in [5.74, 6) is -0.674. The summed E-state index contributed by atoms with van der Waals surface area (Å²) in [5, 5.41) is 10.6. The third-order valence-corrected chi connectivity index (χ3v) is 5.60. The first-order chi connectivity index (χ1) is 13.7. The highest BCUT2D eigenvalue weighted by Crippen LogP contribution is 2.29. The highest BCUT2D eigenvalue weighted by Gasteiger charge is 2.28. The number of rotatable bonds is 3. The van der Waals surface area contributed by atoms with Gasteiger partial charge in [-0.3, -0.25) is 4.79 Å². The van der Waals surface area contributed by atoms with E-state index in [1.165, 1.54) is 0 Å². The number of hydrogen-bond acceptors (Lipinski definition) is 3. The van der Waals surface area contributed by atoms with Crippen LogP contribution in [-0.4, -0.2) is 22.2 Å².